The number of hydrogen-bond donors (Lipinski definition) is 3. The Balaban J connectivity index is 1.49. The van der Waals surface area contributed by atoms with Gasteiger partial charge < -0.3 is 20.7 Å². The van der Waals surface area contributed by atoms with E-state index >= 15 is 0 Å². The van der Waals surface area contributed by atoms with Gasteiger partial charge in [0.1, 0.15) is 23.7 Å². The van der Waals surface area contributed by atoms with E-state index in [0.717, 1.165) is 0 Å². The molecule has 0 spiro atoms. The minimum atomic E-state index is -1.05. The van der Waals surface area contributed by atoms with Crippen LogP contribution in [0.5, 0.6) is 5.75 Å². The van der Waals surface area contributed by atoms with Gasteiger partial charge in [0.15, 0.2) is 6.10 Å². The summed E-state index contributed by atoms with van der Waals surface area (Å²) in [6.45, 7) is 1.51. The summed E-state index contributed by atoms with van der Waals surface area (Å²) < 4.78 is 19.5. The van der Waals surface area contributed by atoms with Crippen molar-refractivity contribution < 1.29 is 23.5 Å². The van der Waals surface area contributed by atoms with Crippen LogP contribution in [0.4, 0.5) is 10.1 Å². The number of halogens is 1. The highest BCUT2D eigenvalue weighted by atomic mass is 19.1. The normalized spacial score (nSPS) is 17.9. The van der Waals surface area contributed by atoms with Gasteiger partial charge in [0.05, 0.1) is 12.1 Å². The topological polar surface area (TPSA) is 96.5 Å². The van der Waals surface area contributed by atoms with Crippen molar-refractivity contribution >= 4 is 23.4 Å². The molecule has 0 unspecified atom stereocenters. The molecule has 1 aliphatic heterocycles. The van der Waals surface area contributed by atoms with Crippen LogP contribution in [0.25, 0.3) is 0 Å². The van der Waals surface area contributed by atoms with Crippen LogP contribution < -0.4 is 20.7 Å². The largest absolute Gasteiger partial charge is 0.481 e. The fraction of sp³-hybridized carbons (Fsp3) is 0.192. The Labute approximate surface area is 196 Å². The summed E-state index contributed by atoms with van der Waals surface area (Å²) in [7, 11) is 0. The van der Waals surface area contributed by atoms with Crippen LogP contribution in [0.1, 0.15) is 24.2 Å². The minimum Gasteiger partial charge on any atom is -0.481 e. The molecule has 0 aromatic heterocycles. The Bertz CT molecular complexity index is 1200. The Morgan fingerprint density at radius 1 is 1.03 bits per heavy atom. The number of rotatable bonds is 6. The standard InChI is InChI=1S/C26H24FN3O4/c1-16(28-22(31)15-17-8-7-11-19(27)14-17)25(32)30-23-24(18-9-3-2-4-10-18)34-21-13-6-5-12-20(21)29-26(23)33/h2-14,16,23-24H,15H2,1H3,(H,28,31)(H,29,33)(H,30,32)/t16-,23-,24+/m0/s1. The van der Waals surface area contributed by atoms with Crippen molar-refractivity contribution in [3.05, 3.63) is 95.8 Å². The number of carbonyl (C=O) groups is 3. The first-order valence-electron chi connectivity index (χ1n) is 10.9. The molecule has 34 heavy (non-hydrogen) atoms. The quantitative estimate of drug-likeness (QED) is 0.526. The van der Waals surface area contributed by atoms with Crippen molar-refractivity contribution in [3.8, 4) is 5.75 Å². The van der Waals surface area contributed by atoms with Crippen molar-refractivity contribution in [2.75, 3.05) is 5.32 Å². The SMILES string of the molecule is C[C@H](NC(=O)Cc1cccc(F)c1)C(=O)N[C@@H]1C(=O)Nc2ccccc2O[C@@H]1c1ccccc1. The molecule has 3 N–H and O–H groups in total. The monoisotopic (exact) mass is 461 g/mol. The highest BCUT2D eigenvalue weighted by Gasteiger charge is 2.37. The molecule has 0 saturated heterocycles. The molecule has 3 amide bonds. The molecule has 4 rings (SSSR count). The van der Waals surface area contributed by atoms with Crippen LogP contribution in [-0.4, -0.2) is 29.8 Å². The lowest BCUT2D eigenvalue weighted by Crippen LogP contribution is -2.54. The number of para-hydroxylation sites is 2. The van der Waals surface area contributed by atoms with Crippen LogP contribution in [0.3, 0.4) is 0 Å². The highest BCUT2D eigenvalue weighted by molar-refractivity contribution is 6.00. The number of hydrogen-bond acceptors (Lipinski definition) is 4. The van der Waals surface area contributed by atoms with Crippen LogP contribution in [0, 0.1) is 5.82 Å². The van der Waals surface area contributed by atoms with Crippen LogP contribution >= 0.6 is 0 Å². The van der Waals surface area contributed by atoms with Crippen molar-refractivity contribution in [1.82, 2.24) is 10.6 Å². The summed E-state index contributed by atoms with van der Waals surface area (Å²) in [5, 5.41) is 8.11. The van der Waals surface area contributed by atoms with Crippen molar-refractivity contribution in [2.24, 2.45) is 0 Å². The molecule has 3 atom stereocenters. The van der Waals surface area contributed by atoms with Gasteiger partial charge in [-0.2, -0.15) is 0 Å². The molecule has 0 radical (unpaired) electrons. The number of amides is 3. The number of anilines is 1. The molecule has 0 aliphatic carbocycles. The zero-order chi connectivity index (χ0) is 24.1. The van der Waals surface area contributed by atoms with E-state index in [1.54, 1.807) is 30.3 Å². The summed E-state index contributed by atoms with van der Waals surface area (Å²) in [4.78, 5) is 38.4. The van der Waals surface area contributed by atoms with Gasteiger partial charge in [0.2, 0.25) is 11.8 Å². The molecule has 1 heterocycles. The predicted octanol–water partition coefficient (Wildman–Crippen LogP) is 3.13. The molecule has 7 nitrogen and oxygen atoms in total. The summed E-state index contributed by atoms with van der Waals surface area (Å²) in [6.07, 6.45) is -0.867. The second-order valence-electron chi connectivity index (χ2n) is 8.02. The van der Waals surface area contributed by atoms with E-state index in [0.29, 0.717) is 22.6 Å². The molecule has 0 saturated carbocycles. The lowest BCUT2D eigenvalue weighted by Gasteiger charge is -2.26. The van der Waals surface area contributed by atoms with Crippen molar-refractivity contribution in [1.29, 1.82) is 0 Å². The fourth-order valence-corrected chi connectivity index (χ4v) is 3.74. The van der Waals surface area contributed by atoms with E-state index in [4.69, 9.17) is 4.74 Å². The second kappa shape index (κ2) is 10.2. The molecular weight excluding hydrogens is 437 g/mol. The van der Waals surface area contributed by atoms with Crippen LogP contribution in [0.15, 0.2) is 78.9 Å². The van der Waals surface area contributed by atoms with Crippen LogP contribution in [-0.2, 0) is 20.8 Å². The van der Waals surface area contributed by atoms with Gasteiger partial charge in [-0.05, 0) is 42.3 Å². The third kappa shape index (κ3) is 5.40. The predicted molar refractivity (Wildman–Crippen MR) is 125 cm³/mol. The first-order chi connectivity index (χ1) is 16.4. The smallest absolute Gasteiger partial charge is 0.251 e. The Kier molecular flexibility index (Phi) is 6.87. The van der Waals surface area contributed by atoms with E-state index < -0.39 is 41.7 Å². The molecule has 0 fully saturated rings. The van der Waals surface area contributed by atoms with E-state index in [1.807, 2.05) is 30.3 Å². The number of benzene rings is 3. The average molecular weight is 461 g/mol. The van der Waals surface area contributed by atoms with Crippen LogP contribution in [0.2, 0.25) is 0 Å². The fourth-order valence-electron chi connectivity index (χ4n) is 3.74. The lowest BCUT2D eigenvalue weighted by atomic mass is 10.0. The van der Waals surface area contributed by atoms with Gasteiger partial charge in [-0.25, -0.2) is 4.39 Å². The van der Waals surface area contributed by atoms with Crippen molar-refractivity contribution in [2.45, 2.75) is 31.5 Å². The molecule has 3 aromatic rings. The van der Waals surface area contributed by atoms with Gasteiger partial charge >= 0.3 is 0 Å². The Hall–Kier alpha value is -4.20. The number of carbonyl (C=O) groups excluding carboxylic acids is 3. The second-order valence-corrected chi connectivity index (χ2v) is 8.02. The Morgan fingerprint density at radius 2 is 1.76 bits per heavy atom. The van der Waals surface area contributed by atoms with E-state index in [1.165, 1.54) is 25.1 Å². The first kappa shape index (κ1) is 23.0. The third-order valence-electron chi connectivity index (χ3n) is 5.43. The third-order valence-corrected chi connectivity index (χ3v) is 5.43. The maximum absolute atomic E-state index is 13.4. The van der Waals surface area contributed by atoms with E-state index in [9.17, 15) is 18.8 Å². The van der Waals surface area contributed by atoms with Gasteiger partial charge in [0.25, 0.3) is 5.91 Å². The minimum absolute atomic E-state index is 0.0790. The number of fused-ring (bicyclic) bond motifs is 1. The maximum atomic E-state index is 13.4. The molecule has 3 aromatic carbocycles. The van der Waals surface area contributed by atoms with Crippen molar-refractivity contribution in [3.63, 3.8) is 0 Å². The van der Waals surface area contributed by atoms with Gasteiger partial charge in [-0.3, -0.25) is 14.4 Å². The molecule has 0 bridgehead atoms. The highest BCUT2D eigenvalue weighted by Crippen LogP contribution is 2.34. The summed E-state index contributed by atoms with van der Waals surface area (Å²) in [5.41, 5.74) is 1.70. The molecule has 174 valence electrons. The lowest BCUT2D eigenvalue weighted by molar-refractivity contribution is -0.131. The summed E-state index contributed by atoms with van der Waals surface area (Å²) >= 11 is 0. The van der Waals surface area contributed by atoms with Gasteiger partial charge in [-0.1, -0.05) is 54.6 Å². The first-order valence-corrected chi connectivity index (χ1v) is 10.9. The molecular formula is C26H24FN3O4. The molecule has 8 heteroatoms. The Morgan fingerprint density at radius 3 is 2.53 bits per heavy atom. The van der Waals surface area contributed by atoms with E-state index in [-0.39, 0.29) is 6.42 Å². The zero-order valence-electron chi connectivity index (χ0n) is 18.5. The van der Waals surface area contributed by atoms with E-state index in [2.05, 4.69) is 16.0 Å². The number of nitrogens with one attached hydrogen (secondary N) is 3. The number of ether oxygens (including phenoxy) is 1. The maximum Gasteiger partial charge on any atom is 0.251 e. The molecule has 1 aliphatic rings. The zero-order valence-corrected chi connectivity index (χ0v) is 18.5. The average Bonchev–Trinajstić information content (AvgIpc) is 2.95. The summed E-state index contributed by atoms with van der Waals surface area (Å²) in [5.74, 6) is -1.39. The van der Waals surface area contributed by atoms with Gasteiger partial charge in [-0.15, -0.1) is 0 Å². The summed E-state index contributed by atoms with van der Waals surface area (Å²) in [6, 6.07) is 19.9. The van der Waals surface area contributed by atoms with Gasteiger partial charge in [0, 0.05) is 0 Å².